The maximum Gasteiger partial charge on any atom is 0.118 e. The normalized spacial score (nSPS) is 11.6. The number of benzene rings is 1. The summed E-state index contributed by atoms with van der Waals surface area (Å²) in [7, 11) is 1.68. The van der Waals surface area contributed by atoms with Crippen molar-refractivity contribution in [2.45, 2.75) is 25.8 Å². The fourth-order valence-electron chi connectivity index (χ4n) is 1.19. The van der Waals surface area contributed by atoms with Crippen LogP contribution in [-0.4, -0.2) is 13.2 Å². The quantitative estimate of drug-likeness (QED) is 0.697. The maximum absolute atomic E-state index is 5.67. The van der Waals surface area contributed by atoms with Crippen LogP contribution in [-0.2, 0) is 6.42 Å². The van der Waals surface area contributed by atoms with Crippen molar-refractivity contribution < 1.29 is 17.1 Å². The summed E-state index contributed by atoms with van der Waals surface area (Å²) >= 11 is 0. The molecule has 0 saturated carbocycles. The van der Waals surface area contributed by atoms with Crippen LogP contribution in [0.3, 0.4) is 0 Å². The highest BCUT2D eigenvalue weighted by molar-refractivity contribution is 5.27. The van der Waals surface area contributed by atoms with E-state index in [4.69, 9.17) is 10.5 Å². The van der Waals surface area contributed by atoms with Gasteiger partial charge in [-0.3, -0.25) is 0 Å². The molecule has 0 aliphatic heterocycles. The van der Waals surface area contributed by atoms with Crippen molar-refractivity contribution in [2.75, 3.05) is 7.11 Å². The Bertz CT molecular complexity index is 246. The first-order valence-electron chi connectivity index (χ1n) is 4.61. The number of hydrogen-bond donors (Lipinski definition) is 1. The SMILES string of the molecule is COc1ccc(CCC(C)N)cc1.[Cl-]. The first kappa shape index (κ1) is 13.3. The molecule has 1 atom stereocenters. The van der Waals surface area contributed by atoms with Crippen LogP contribution in [0, 0.1) is 0 Å². The van der Waals surface area contributed by atoms with E-state index in [-0.39, 0.29) is 18.4 Å². The lowest BCUT2D eigenvalue weighted by molar-refractivity contribution is -0.00000329. The Hall–Kier alpha value is -0.730. The summed E-state index contributed by atoms with van der Waals surface area (Å²) in [6.07, 6.45) is 2.08. The van der Waals surface area contributed by atoms with Gasteiger partial charge in [0.1, 0.15) is 5.75 Å². The summed E-state index contributed by atoms with van der Waals surface area (Å²) in [6.45, 7) is 2.03. The van der Waals surface area contributed by atoms with E-state index in [0.717, 1.165) is 18.6 Å². The van der Waals surface area contributed by atoms with Gasteiger partial charge >= 0.3 is 0 Å². The van der Waals surface area contributed by atoms with E-state index in [1.165, 1.54) is 5.56 Å². The highest BCUT2D eigenvalue weighted by Crippen LogP contribution is 2.12. The van der Waals surface area contributed by atoms with E-state index in [2.05, 4.69) is 12.1 Å². The third-order valence-electron chi connectivity index (χ3n) is 2.05. The number of rotatable bonds is 4. The monoisotopic (exact) mass is 214 g/mol. The molecule has 0 heterocycles. The standard InChI is InChI=1S/C11H17NO.ClH/c1-9(12)3-4-10-5-7-11(13-2)8-6-10;/h5-9H,3-4,12H2,1-2H3;1H/p-1. The van der Waals surface area contributed by atoms with Gasteiger partial charge in [-0.2, -0.15) is 0 Å². The van der Waals surface area contributed by atoms with E-state index in [9.17, 15) is 0 Å². The van der Waals surface area contributed by atoms with Gasteiger partial charge in [-0.1, -0.05) is 12.1 Å². The number of halogens is 1. The lowest BCUT2D eigenvalue weighted by Crippen LogP contribution is -3.00. The molecule has 0 amide bonds. The van der Waals surface area contributed by atoms with E-state index >= 15 is 0 Å². The maximum atomic E-state index is 5.67. The van der Waals surface area contributed by atoms with Gasteiger partial charge in [-0.05, 0) is 37.5 Å². The molecule has 3 heteroatoms. The molecule has 0 aromatic heterocycles. The van der Waals surface area contributed by atoms with Gasteiger partial charge in [0.2, 0.25) is 0 Å². The molecular weight excluding hydrogens is 198 g/mol. The Morgan fingerprint density at radius 3 is 2.29 bits per heavy atom. The summed E-state index contributed by atoms with van der Waals surface area (Å²) in [5, 5.41) is 0. The van der Waals surface area contributed by atoms with Crippen molar-refractivity contribution in [2.24, 2.45) is 5.73 Å². The first-order valence-corrected chi connectivity index (χ1v) is 4.61. The molecule has 1 rings (SSSR count). The van der Waals surface area contributed by atoms with Crippen molar-refractivity contribution in [3.05, 3.63) is 29.8 Å². The lowest BCUT2D eigenvalue weighted by Gasteiger charge is -2.05. The number of aryl methyl sites for hydroxylation is 1. The Balaban J connectivity index is 0.00000169. The van der Waals surface area contributed by atoms with Gasteiger partial charge in [0.25, 0.3) is 0 Å². The Morgan fingerprint density at radius 1 is 1.29 bits per heavy atom. The van der Waals surface area contributed by atoms with Gasteiger partial charge in [-0.25, -0.2) is 0 Å². The highest BCUT2D eigenvalue weighted by Gasteiger charge is 1.97. The Morgan fingerprint density at radius 2 is 1.86 bits per heavy atom. The average molecular weight is 215 g/mol. The highest BCUT2D eigenvalue weighted by atomic mass is 35.5. The van der Waals surface area contributed by atoms with Gasteiger partial charge in [0.15, 0.2) is 0 Å². The molecule has 2 nitrogen and oxygen atoms in total. The average Bonchev–Trinajstić information content (AvgIpc) is 2.15. The number of nitrogens with two attached hydrogens (primary N) is 1. The molecule has 0 fully saturated rings. The lowest BCUT2D eigenvalue weighted by atomic mass is 10.1. The Labute approximate surface area is 91.9 Å². The number of methoxy groups -OCH3 is 1. The van der Waals surface area contributed by atoms with E-state index in [1.54, 1.807) is 7.11 Å². The minimum atomic E-state index is 0. The third-order valence-corrected chi connectivity index (χ3v) is 2.05. The minimum Gasteiger partial charge on any atom is -1.00 e. The second-order valence-electron chi connectivity index (χ2n) is 3.36. The molecule has 1 aromatic carbocycles. The van der Waals surface area contributed by atoms with Crippen molar-refractivity contribution in [3.63, 3.8) is 0 Å². The van der Waals surface area contributed by atoms with Gasteiger partial charge in [0, 0.05) is 6.04 Å². The molecule has 80 valence electrons. The summed E-state index contributed by atoms with van der Waals surface area (Å²) in [5.41, 5.74) is 6.99. The number of hydrogen-bond acceptors (Lipinski definition) is 2. The predicted octanol–water partition coefficient (Wildman–Crippen LogP) is -1.02. The second kappa shape index (κ2) is 6.68. The third kappa shape index (κ3) is 4.49. The summed E-state index contributed by atoms with van der Waals surface area (Å²) in [6, 6.07) is 8.41. The van der Waals surface area contributed by atoms with Crippen LogP contribution in [0.4, 0.5) is 0 Å². The van der Waals surface area contributed by atoms with Crippen molar-refractivity contribution in [3.8, 4) is 5.75 Å². The van der Waals surface area contributed by atoms with Crippen molar-refractivity contribution in [1.29, 1.82) is 0 Å². The van der Waals surface area contributed by atoms with Crippen LogP contribution in [0.25, 0.3) is 0 Å². The predicted molar refractivity (Wildman–Crippen MR) is 55.0 cm³/mol. The van der Waals surface area contributed by atoms with E-state index in [0.29, 0.717) is 0 Å². The minimum absolute atomic E-state index is 0. The molecule has 0 radical (unpaired) electrons. The molecule has 14 heavy (non-hydrogen) atoms. The van der Waals surface area contributed by atoms with Crippen molar-refractivity contribution >= 4 is 0 Å². The molecule has 1 unspecified atom stereocenters. The molecular formula is C11H17ClNO-. The molecule has 0 aliphatic carbocycles. The van der Waals surface area contributed by atoms with Crippen LogP contribution in [0.15, 0.2) is 24.3 Å². The summed E-state index contributed by atoms with van der Waals surface area (Å²) in [4.78, 5) is 0. The van der Waals surface area contributed by atoms with Gasteiger partial charge in [0.05, 0.1) is 7.11 Å². The summed E-state index contributed by atoms with van der Waals surface area (Å²) < 4.78 is 5.07. The zero-order valence-corrected chi connectivity index (χ0v) is 9.42. The fourth-order valence-corrected chi connectivity index (χ4v) is 1.19. The van der Waals surface area contributed by atoms with Crippen LogP contribution in [0.5, 0.6) is 5.75 Å². The fraction of sp³-hybridized carbons (Fsp3) is 0.455. The Kier molecular flexibility index (Phi) is 6.34. The molecule has 0 spiro atoms. The van der Waals surface area contributed by atoms with E-state index < -0.39 is 0 Å². The topological polar surface area (TPSA) is 35.2 Å². The number of ether oxygens (including phenoxy) is 1. The molecule has 0 aliphatic rings. The smallest absolute Gasteiger partial charge is 0.118 e. The van der Waals surface area contributed by atoms with Crippen molar-refractivity contribution in [1.82, 2.24) is 0 Å². The van der Waals surface area contributed by atoms with Crippen LogP contribution < -0.4 is 22.9 Å². The van der Waals surface area contributed by atoms with Crippen LogP contribution >= 0.6 is 0 Å². The molecule has 1 aromatic rings. The zero-order chi connectivity index (χ0) is 9.68. The van der Waals surface area contributed by atoms with Crippen LogP contribution in [0.2, 0.25) is 0 Å². The summed E-state index contributed by atoms with van der Waals surface area (Å²) in [5.74, 6) is 0.907. The van der Waals surface area contributed by atoms with E-state index in [1.807, 2.05) is 19.1 Å². The van der Waals surface area contributed by atoms with Gasteiger partial charge in [-0.15, -0.1) is 0 Å². The molecule has 0 bridgehead atoms. The van der Waals surface area contributed by atoms with Gasteiger partial charge < -0.3 is 22.9 Å². The molecule has 2 N–H and O–H groups in total. The largest absolute Gasteiger partial charge is 1.00 e. The van der Waals surface area contributed by atoms with Crippen LogP contribution in [0.1, 0.15) is 18.9 Å². The zero-order valence-electron chi connectivity index (χ0n) is 8.66. The first-order chi connectivity index (χ1) is 6.22. The second-order valence-corrected chi connectivity index (χ2v) is 3.36. The molecule has 0 saturated heterocycles.